The summed E-state index contributed by atoms with van der Waals surface area (Å²) < 4.78 is 5.11. The Morgan fingerprint density at radius 3 is 2.81 bits per heavy atom. The third-order valence-electron chi connectivity index (χ3n) is 3.96. The molecule has 0 radical (unpaired) electrons. The van der Waals surface area contributed by atoms with Crippen molar-refractivity contribution in [1.29, 1.82) is 0 Å². The Hall–Kier alpha value is -1.89. The van der Waals surface area contributed by atoms with E-state index >= 15 is 0 Å². The second-order valence-corrected chi connectivity index (χ2v) is 7.85. The van der Waals surface area contributed by atoms with Crippen molar-refractivity contribution in [3.8, 4) is 0 Å². The first-order valence-electron chi connectivity index (χ1n) is 8.02. The SMILES string of the molecule is Cc1noc(C)c1CCC(=O)Nc1ncc(Cc2ccc(Cl)cc2Cl)s1. The molecule has 136 valence electrons. The molecule has 1 N–H and O–H groups in total. The highest BCUT2D eigenvalue weighted by molar-refractivity contribution is 7.15. The van der Waals surface area contributed by atoms with E-state index in [0.29, 0.717) is 34.4 Å². The summed E-state index contributed by atoms with van der Waals surface area (Å²) in [5.74, 6) is 0.669. The second-order valence-electron chi connectivity index (χ2n) is 5.90. The quantitative estimate of drug-likeness (QED) is 0.605. The molecule has 0 aliphatic carbocycles. The average Bonchev–Trinajstić information content (AvgIpc) is 3.15. The van der Waals surface area contributed by atoms with Gasteiger partial charge in [-0.1, -0.05) is 34.4 Å². The highest BCUT2D eigenvalue weighted by Gasteiger charge is 2.13. The molecule has 3 rings (SSSR count). The number of thiazole rings is 1. The lowest BCUT2D eigenvalue weighted by Crippen LogP contribution is -2.12. The van der Waals surface area contributed by atoms with Gasteiger partial charge in [0.2, 0.25) is 5.91 Å². The molecular weight excluding hydrogens is 393 g/mol. The molecule has 0 atom stereocenters. The van der Waals surface area contributed by atoms with Gasteiger partial charge in [-0.2, -0.15) is 0 Å². The van der Waals surface area contributed by atoms with Gasteiger partial charge in [0, 0.05) is 39.5 Å². The van der Waals surface area contributed by atoms with Gasteiger partial charge in [0.05, 0.1) is 5.69 Å². The molecule has 0 saturated heterocycles. The maximum atomic E-state index is 12.2. The van der Waals surface area contributed by atoms with Gasteiger partial charge in [0.1, 0.15) is 5.76 Å². The number of nitrogens with zero attached hydrogens (tertiary/aromatic N) is 2. The Bertz CT molecular complexity index is 917. The minimum atomic E-state index is -0.0876. The lowest BCUT2D eigenvalue weighted by atomic mass is 10.1. The highest BCUT2D eigenvalue weighted by atomic mass is 35.5. The van der Waals surface area contributed by atoms with Crippen molar-refractivity contribution in [2.45, 2.75) is 33.1 Å². The van der Waals surface area contributed by atoms with Gasteiger partial charge in [-0.15, -0.1) is 11.3 Å². The summed E-state index contributed by atoms with van der Waals surface area (Å²) in [6, 6.07) is 5.42. The number of anilines is 1. The van der Waals surface area contributed by atoms with E-state index in [2.05, 4.69) is 15.5 Å². The highest BCUT2D eigenvalue weighted by Crippen LogP contribution is 2.27. The molecule has 0 saturated carbocycles. The Labute approximate surface area is 165 Å². The summed E-state index contributed by atoms with van der Waals surface area (Å²) in [7, 11) is 0. The van der Waals surface area contributed by atoms with Crippen molar-refractivity contribution >= 4 is 45.6 Å². The monoisotopic (exact) mass is 409 g/mol. The molecule has 2 heterocycles. The maximum Gasteiger partial charge on any atom is 0.226 e. The summed E-state index contributed by atoms with van der Waals surface area (Å²) in [6.07, 6.45) is 3.33. The zero-order chi connectivity index (χ0) is 18.7. The minimum Gasteiger partial charge on any atom is -0.361 e. The number of halogens is 2. The Kier molecular flexibility index (Phi) is 5.96. The molecule has 0 fully saturated rings. The molecule has 1 amide bonds. The normalized spacial score (nSPS) is 10.9. The van der Waals surface area contributed by atoms with Gasteiger partial charge >= 0.3 is 0 Å². The van der Waals surface area contributed by atoms with Crippen molar-refractivity contribution in [3.05, 3.63) is 61.9 Å². The van der Waals surface area contributed by atoms with Crippen LogP contribution < -0.4 is 5.32 Å². The molecule has 26 heavy (non-hydrogen) atoms. The number of hydrogen-bond acceptors (Lipinski definition) is 5. The van der Waals surface area contributed by atoms with Crippen molar-refractivity contribution in [2.24, 2.45) is 0 Å². The molecule has 0 spiro atoms. The number of aromatic nitrogens is 2. The predicted molar refractivity (Wildman–Crippen MR) is 104 cm³/mol. The van der Waals surface area contributed by atoms with E-state index < -0.39 is 0 Å². The van der Waals surface area contributed by atoms with E-state index in [-0.39, 0.29) is 5.91 Å². The van der Waals surface area contributed by atoms with Gasteiger partial charge in [-0.25, -0.2) is 4.98 Å². The zero-order valence-corrected chi connectivity index (χ0v) is 16.6. The number of aryl methyl sites for hydroxylation is 2. The van der Waals surface area contributed by atoms with Crippen LogP contribution >= 0.6 is 34.5 Å². The van der Waals surface area contributed by atoms with Crippen LogP contribution in [0.3, 0.4) is 0 Å². The first kappa shape index (κ1) is 18.9. The van der Waals surface area contributed by atoms with E-state index in [9.17, 15) is 4.79 Å². The van der Waals surface area contributed by atoms with E-state index in [0.717, 1.165) is 27.5 Å². The lowest BCUT2D eigenvalue weighted by Gasteiger charge is -2.03. The van der Waals surface area contributed by atoms with Crippen molar-refractivity contribution in [2.75, 3.05) is 5.32 Å². The molecule has 8 heteroatoms. The molecule has 0 unspecified atom stereocenters. The van der Waals surface area contributed by atoms with Crippen molar-refractivity contribution in [3.63, 3.8) is 0 Å². The smallest absolute Gasteiger partial charge is 0.226 e. The van der Waals surface area contributed by atoms with Crippen LogP contribution in [0.15, 0.2) is 28.9 Å². The van der Waals surface area contributed by atoms with Crippen LogP contribution in [0.2, 0.25) is 10.0 Å². The number of hydrogen-bond donors (Lipinski definition) is 1. The lowest BCUT2D eigenvalue weighted by molar-refractivity contribution is -0.116. The summed E-state index contributed by atoms with van der Waals surface area (Å²) >= 11 is 13.6. The van der Waals surface area contributed by atoms with Gasteiger partial charge in [-0.05, 0) is 38.0 Å². The van der Waals surface area contributed by atoms with Crippen LogP contribution in [0.1, 0.15) is 33.9 Å². The fraction of sp³-hybridized carbons (Fsp3) is 0.278. The summed E-state index contributed by atoms with van der Waals surface area (Å²) in [5, 5.41) is 8.54. The van der Waals surface area contributed by atoms with E-state index in [1.54, 1.807) is 18.3 Å². The van der Waals surface area contributed by atoms with Crippen LogP contribution in [-0.4, -0.2) is 16.0 Å². The predicted octanol–water partition coefficient (Wildman–Crippen LogP) is 5.22. The molecule has 1 aromatic carbocycles. The van der Waals surface area contributed by atoms with Crippen LogP contribution in [0.4, 0.5) is 5.13 Å². The molecule has 3 aromatic rings. The Morgan fingerprint density at radius 2 is 2.12 bits per heavy atom. The standard InChI is InChI=1S/C18H17Cl2N3O2S/c1-10-15(11(2)25-23-10)5-6-17(24)22-18-21-9-14(26-18)7-12-3-4-13(19)8-16(12)20/h3-4,8-9H,5-7H2,1-2H3,(H,21,22,24). The summed E-state index contributed by atoms with van der Waals surface area (Å²) in [6.45, 7) is 3.72. The molecule has 0 aliphatic heterocycles. The van der Waals surface area contributed by atoms with Gasteiger partial charge < -0.3 is 9.84 Å². The van der Waals surface area contributed by atoms with Gasteiger partial charge in [-0.3, -0.25) is 4.79 Å². The Balaban J connectivity index is 1.57. The molecule has 0 bridgehead atoms. The van der Waals surface area contributed by atoms with Crippen LogP contribution in [0.25, 0.3) is 0 Å². The number of benzene rings is 1. The van der Waals surface area contributed by atoms with Crippen LogP contribution in [0, 0.1) is 13.8 Å². The van der Waals surface area contributed by atoms with Gasteiger partial charge in [0.15, 0.2) is 5.13 Å². The van der Waals surface area contributed by atoms with Crippen molar-refractivity contribution in [1.82, 2.24) is 10.1 Å². The first-order chi connectivity index (χ1) is 12.4. The number of amides is 1. The van der Waals surface area contributed by atoms with E-state index in [1.165, 1.54) is 11.3 Å². The molecule has 5 nitrogen and oxygen atoms in total. The molecule has 0 aliphatic rings. The number of carbonyl (C=O) groups is 1. The number of rotatable bonds is 6. The number of carbonyl (C=O) groups excluding carboxylic acids is 1. The summed E-state index contributed by atoms with van der Waals surface area (Å²) in [4.78, 5) is 17.4. The fourth-order valence-corrected chi connectivity index (χ4v) is 3.91. The maximum absolute atomic E-state index is 12.2. The van der Waals surface area contributed by atoms with Crippen molar-refractivity contribution < 1.29 is 9.32 Å². The Morgan fingerprint density at radius 1 is 1.31 bits per heavy atom. The molecular formula is C18H17Cl2N3O2S. The average molecular weight is 410 g/mol. The van der Waals surface area contributed by atoms with E-state index in [4.69, 9.17) is 27.7 Å². The van der Waals surface area contributed by atoms with Gasteiger partial charge in [0.25, 0.3) is 0 Å². The second kappa shape index (κ2) is 8.20. The summed E-state index contributed by atoms with van der Waals surface area (Å²) in [5.41, 5.74) is 2.78. The minimum absolute atomic E-state index is 0.0876. The topological polar surface area (TPSA) is 68.0 Å². The number of nitrogens with one attached hydrogen (secondary N) is 1. The zero-order valence-electron chi connectivity index (χ0n) is 14.3. The van der Waals surface area contributed by atoms with Crippen LogP contribution in [0.5, 0.6) is 0 Å². The first-order valence-corrected chi connectivity index (χ1v) is 9.60. The molecule has 2 aromatic heterocycles. The third-order valence-corrected chi connectivity index (χ3v) is 5.46. The van der Waals surface area contributed by atoms with Crippen LogP contribution in [-0.2, 0) is 17.6 Å². The fourth-order valence-electron chi connectivity index (χ4n) is 2.58. The largest absolute Gasteiger partial charge is 0.361 e. The van der Waals surface area contributed by atoms with E-state index in [1.807, 2.05) is 19.9 Å². The third kappa shape index (κ3) is 4.63.